The van der Waals surface area contributed by atoms with Crippen LogP contribution in [0.25, 0.3) is 0 Å². The van der Waals surface area contributed by atoms with Crippen LogP contribution in [0.3, 0.4) is 0 Å². The Bertz CT molecular complexity index is 351. The maximum Gasteiger partial charge on any atom is 0.422 e. The van der Waals surface area contributed by atoms with Gasteiger partial charge in [0.25, 0.3) is 0 Å². The zero-order valence-electron chi connectivity index (χ0n) is 8.81. The quantitative estimate of drug-likeness (QED) is 0.481. The number of rotatable bonds is 4. The van der Waals surface area contributed by atoms with Crippen LogP contribution in [-0.2, 0) is 4.74 Å². The van der Waals surface area contributed by atoms with E-state index in [1.807, 2.05) is 0 Å². The van der Waals surface area contributed by atoms with Crippen molar-refractivity contribution in [2.75, 3.05) is 6.61 Å². The first-order valence-corrected chi connectivity index (χ1v) is 5.41. The van der Waals surface area contributed by atoms with Gasteiger partial charge in [-0.2, -0.15) is 13.2 Å². The van der Waals surface area contributed by atoms with Gasteiger partial charge in [0.15, 0.2) is 6.61 Å². The Morgan fingerprint density at radius 2 is 2.18 bits per heavy atom. The van der Waals surface area contributed by atoms with Gasteiger partial charge in [0.2, 0.25) is 0 Å². The molecule has 0 heterocycles. The molecule has 1 aliphatic carbocycles. The number of hydrogen-bond acceptors (Lipinski definition) is 3. The second-order valence-corrected chi connectivity index (χ2v) is 3.98. The molecule has 0 radical (unpaired) electrons. The molecule has 7 heteroatoms. The van der Waals surface area contributed by atoms with Gasteiger partial charge in [-0.1, -0.05) is 12.2 Å². The van der Waals surface area contributed by atoms with Crippen LogP contribution in [0.5, 0.6) is 0 Å². The maximum atomic E-state index is 13.4. The average Bonchev–Trinajstić information content (AvgIpc) is 2.25. The summed E-state index contributed by atoms with van der Waals surface area (Å²) in [7, 11) is 0. The van der Waals surface area contributed by atoms with Crippen molar-refractivity contribution in [2.45, 2.75) is 25.4 Å². The highest BCUT2D eigenvalue weighted by molar-refractivity contribution is 7.80. The third kappa shape index (κ3) is 4.41. The summed E-state index contributed by atoms with van der Waals surface area (Å²) in [6, 6.07) is 0. The summed E-state index contributed by atoms with van der Waals surface area (Å²) >= 11 is 4.56. The first kappa shape index (κ1) is 14.1. The second kappa shape index (κ2) is 5.57. The molecule has 1 rings (SSSR count). The molecule has 0 spiro atoms. The molecule has 96 valence electrons. The summed E-state index contributed by atoms with van der Waals surface area (Å²) < 4.78 is 53.4. The molecular weight excluding hydrogens is 258 g/mol. The largest absolute Gasteiger partial charge is 0.486 e. The molecule has 2 nitrogen and oxygen atoms in total. The predicted molar refractivity (Wildman–Crippen MR) is 58.9 cm³/mol. The van der Waals surface area contributed by atoms with Gasteiger partial charge in [0.05, 0.1) is 0 Å². The van der Waals surface area contributed by atoms with Crippen molar-refractivity contribution in [1.82, 2.24) is 0 Å². The summed E-state index contributed by atoms with van der Waals surface area (Å²) in [6.45, 7) is -1.48. The summed E-state index contributed by atoms with van der Waals surface area (Å²) in [5.74, 6) is -1.33. The van der Waals surface area contributed by atoms with Crippen LogP contribution < -0.4 is 0 Å². The minimum atomic E-state index is -4.47. The fourth-order valence-corrected chi connectivity index (χ4v) is 1.75. The Labute approximate surface area is 101 Å². The number of nitrogens with one attached hydrogen (secondary N) is 1. The summed E-state index contributed by atoms with van der Waals surface area (Å²) in [5, 5.41) is 8.57. The van der Waals surface area contributed by atoms with Gasteiger partial charge >= 0.3 is 6.18 Å². The molecule has 1 N–H and O–H groups in total. The van der Waals surface area contributed by atoms with Crippen LogP contribution in [0.2, 0.25) is 0 Å². The molecule has 0 bridgehead atoms. The standard InChI is InChI=1S/C10H11F4NOS/c11-7-3-6(8(15)4-17)1-2-9(7)16-5-10(12,13)14/h4,6,15H,1-3,5H2. The Morgan fingerprint density at radius 3 is 2.65 bits per heavy atom. The lowest BCUT2D eigenvalue weighted by Crippen LogP contribution is -2.22. The molecule has 0 amide bonds. The fraction of sp³-hybridized carbons (Fsp3) is 0.600. The number of halogens is 4. The number of hydrogen-bond donors (Lipinski definition) is 1. The highest BCUT2D eigenvalue weighted by Gasteiger charge is 2.31. The van der Waals surface area contributed by atoms with Crippen LogP contribution in [0.1, 0.15) is 19.3 Å². The molecule has 1 unspecified atom stereocenters. The third-order valence-corrected chi connectivity index (χ3v) is 2.68. The van der Waals surface area contributed by atoms with Crippen LogP contribution in [-0.4, -0.2) is 23.9 Å². The summed E-state index contributed by atoms with van der Waals surface area (Å²) in [4.78, 5) is 0. The molecular formula is C10H11F4NOS. The minimum absolute atomic E-state index is 0.0676. The van der Waals surface area contributed by atoms with Crippen LogP contribution in [0.4, 0.5) is 17.6 Å². The lowest BCUT2D eigenvalue weighted by molar-refractivity contribution is -0.166. The van der Waals surface area contributed by atoms with E-state index < -0.39 is 18.6 Å². The van der Waals surface area contributed by atoms with E-state index >= 15 is 0 Å². The number of alkyl halides is 3. The molecule has 0 aromatic rings. The average molecular weight is 269 g/mol. The van der Waals surface area contributed by atoms with E-state index in [1.54, 1.807) is 0 Å². The van der Waals surface area contributed by atoms with Gasteiger partial charge in [-0.05, 0) is 6.42 Å². The fourth-order valence-electron chi connectivity index (χ4n) is 1.55. The Kier molecular flexibility index (Phi) is 4.62. The van der Waals surface area contributed by atoms with Gasteiger partial charge < -0.3 is 10.1 Å². The molecule has 0 saturated heterocycles. The minimum Gasteiger partial charge on any atom is -0.486 e. The number of ether oxygens (including phenoxy) is 1. The van der Waals surface area contributed by atoms with E-state index in [1.165, 1.54) is 0 Å². The second-order valence-electron chi connectivity index (χ2n) is 3.74. The topological polar surface area (TPSA) is 33.1 Å². The van der Waals surface area contributed by atoms with Crippen molar-refractivity contribution in [3.8, 4) is 0 Å². The van der Waals surface area contributed by atoms with Crippen LogP contribution in [0.15, 0.2) is 11.6 Å². The lowest BCUT2D eigenvalue weighted by atomic mass is 9.89. The first-order valence-electron chi connectivity index (χ1n) is 4.94. The molecule has 1 atom stereocenters. The zero-order chi connectivity index (χ0) is 13.1. The van der Waals surface area contributed by atoms with Crippen molar-refractivity contribution in [1.29, 1.82) is 5.41 Å². The molecule has 17 heavy (non-hydrogen) atoms. The Morgan fingerprint density at radius 1 is 1.53 bits per heavy atom. The third-order valence-electron chi connectivity index (χ3n) is 2.42. The van der Waals surface area contributed by atoms with Crippen molar-refractivity contribution in [2.24, 2.45) is 5.92 Å². The van der Waals surface area contributed by atoms with E-state index in [4.69, 9.17) is 5.41 Å². The van der Waals surface area contributed by atoms with Crippen molar-refractivity contribution in [3.05, 3.63) is 11.6 Å². The predicted octanol–water partition coefficient (Wildman–Crippen LogP) is 3.57. The maximum absolute atomic E-state index is 13.4. The molecule has 0 saturated carbocycles. The Hall–Kier alpha value is -0.980. The van der Waals surface area contributed by atoms with Crippen molar-refractivity contribution in [3.63, 3.8) is 0 Å². The van der Waals surface area contributed by atoms with E-state index in [9.17, 15) is 17.6 Å². The molecule has 0 aromatic heterocycles. The normalized spacial score (nSPS) is 21.3. The lowest BCUT2D eigenvalue weighted by Gasteiger charge is -2.23. The van der Waals surface area contributed by atoms with E-state index in [-0.39, 0.29) is 30.2 Å². The number of thiocarbonyl (C=S) groups is 1. The first-order chi connectivity index (χ1) is 7.83. The highest BCUT2D eigenvalue weighted by Crippen LogP contribution is 2.32. The van der Waals surface area contributed by atoms with Crippen molar-refractivity contribution < 1.29 is 22.3 Å². The van der Waals surface area contributed by atoms with Gasteiger partial charge in [-0.15, -0.1) is 0 Å². The van der Waals surface area contributed by atoms with E-state index in [0.29, 0.717) is 6.42 Å². The molecule has 0 fully saturated rings. The monoisotopic (exact) mass is 269 g/mol. The van der Waals surface area contributed by atoms with Crippen molar-refractivity contribution >= 4 is 23.3 Å². The smallest absolute Gasteiger partial charge is 0.422 e. The van der Waals surface area contributed by atoms with Gasteiger partial charge in [-0.25, -0.2) is 4.39 Å². The van der Waals surface area contributed by atoms with Gasteiger partial charge in [0.1, 0.15) is 11.6 Å². The van der Waals surface area contributed by atoms with E-state index in [2.05, 4.69) is 17.0 Å². The van der Waals surface area contributed by atoms with Gasteiger partial charge in [0, 0.05) is 29.8 Å². The molecule has 0 aliphatic heterocycles. The SMILES string of the molecule is N=C(C=S)C1CCC(OCC(F)(F)F)=C(F)C1. The molecule has 0 aromatic carbocycles. The van der Waals surface area contributed by atoms with Gasteiger partial charge in [-0.3, -0.25) is 0 Å². The zero-order valence-corrected chi connectivity index (χ0v) is 9.63. The number of allylic oxidation sites excluding steroid dienone is 2. The summed E-state index contributed by atoms with van der Waals surface area (Å²) in [5.41, 5.74) is 0.130. The van der Waals surface area contributed by atoms with Crippen LogP contribution >= 0.6 is 12.2 Å². The highest BCUT2D eigenvalue weighted by atomic mass is 32.1. The summed E-state index contributed by atoms with van der Waals surface area (Å²) in [6.07, 6.45) is -4.13. The van der Waals surface area contributed by atoms with Crippen LogP contribution in [0, 0.1) is 11.3 Å². The van der Waals surface area contributed by atoms with E-state index in [0.717, 1.165) is 5.37 Å². The molecule has 1 aliphatic rings. The Balaban J connectivity index is 2.59.